The van der Waals surface area contributed by atoms with E-state index in [4.69, 9.17) is 4.74 Å². The Balaban J connectivity index is 1.35. The molecule has 1 atom stereocenters. The second-order valence-electron chi connectivity index (χ2n) is 7.85. The third-order valence-corrected chi connectivity index (χ3v) is 7.30. The molecule has 1 aliphatic heterocycles. The van der Waals surface area contributed by atoms with Crippen molar-refractivity contribution in [3.63, 3.8) is 0 Å². The standard InChI is InChI=1S/C25H24N2O4S2/c1-15(24(29)20-6-9-23-19(12-20)10-11-27(23)17(3)28)31-25(30)18-4-7-22(8-5-18)33-14-21-13-32-16(2)26-21/h4-9,12-13,15H,10-11,14H2,1-3H3. The maximum Gasteiger partial charge on any atom is 0.338 e. The number of benzene rings is 2. The van der Waals surface area contributed by atoms with E-state index in [1.54, 1.807) is 65.3 Å². The van der Waals surface area contributed by atoms with E-state index in [1.165, 1.54) is 6.92 Å². The van der Waals surface area contributed by atoms with Crippen LogP contribution >= 0.6 is 23.1 Å². The van der Waals surface area contributed by atoms with Gasteiger partial charge in [0, 0.05) is 40.7 Å². The minimum Gasteiger partial charge on any atom is -0.451 e. The van der Waals surface area contributed by atoms with Gasteiger partial charge in [-0.05, 0) is 68.3 Å². The van der Waals surface area contributed by atoms with Crippen LogP contribution in [-0.2, 0) is 21.7 Å². The number of rotatable bonds is 7. The highest BCUT2D eigenvalue weighted by Crippen LogP contribution is 2.29. The first-order valence-electron chi connectivity index (χ1n) is 10.6. The number of aryl methyl sites for hydroxylation is 1. The molecule has 33 heavy (non-hydrogen) atoms. The van der Waals surface area contributed by atoms with Crippen LogP contribution in [-0.4, -0.2) is 35.3 Å². The van der Waals surface area contributed by atoms with Gasteiger partial charge in [0.2, 0.25) is 11.7 Å². The Morgan fingerprint density at radius 2 is 1.88 bits per heavy atom. The maximum atomic E-state index is 12.8. The molecule has 1 aromatic heterocycles. The second kappa shape index (κ2) is 9.89. The van der Waals surface area contributed by atoms with Crippen molar-refractivity contribution < 1.29 is 19.1 Å². The molecule has 0 aliphatic carbocycles. The lowest BCUT2D eigenvalue weighted by atomic mass is 10.0. The van der Waals surface area contributed by atoms with E-state index >= 15 is 0 Å². The zero-order chi connectivity index (χ0) is 23.5. The summed E-state index contributed by atoms with van der Waals surface area (Å²) in [6, 6.07) is 12.4. The molecule has 170 valence electrons. The molecule has 1 aliphatic rings. The number of esters is 1. The van der Waals surface area contributed by atoms with Crippen LogP contribution in [0.5, 0.6) is 0 Å². The number of carbonyl (C=O) groups is 3. The molecular weight excluding hydrogens is 456 g/mol. The number of fused-ring (bicyclic) bond motifs is 1. The highest BCUT2D eigenvalue weighted by atomic mass is 32.2. The molecule has 3 aromatic rings. The van der Waals surface area contributed by atoms with Gasteiger partial charge >= 0.3 is 5.97 Å². The number of ether oxygens (including phenoxy) is 1. The molecule has 0 bridgehead atoms. The normalized spacial score (nSPS) is 13.5. The van der Waals surface area contributed by atoms with Crippen LogP contribution in [0, 0.1) is 6.92 Å². The van der Waals surface area contributed by atoms with Gasteiger partial charge in [0.25, 0.3) is 0 Å². The van der Waals surface area contributed by atoms with Crippen molar-refractivity contribution in [3.05, 3.63) is 75.2 Å². The van der Waals surface area contributed by atoms with E-state index < -0.39 is 12.1 Å². The molecule has 4 rings (SSSR count). The highest BCUT2D eigenvalue weighted by molar-refractivity contribution is 7.98. The smallest absolute Gasteiger partial charge is 0.338 e. The topological polar surface area (TPSA) is 76.6 Å². The van der Waals surface area contributed by atoms with Gasteiger partial charge in [0.1, 0.15) is 0 Å². The molecule has 2 heterocycles. The quantitative estimate of drug-likeness (QED) is 0.267. The number of ketones is 1. The minimum atomic E-state index is -0.914. The Labute approximate surface area is 201 Å². The molecule has 0 radical (unpaired) electrons. The van der Waals surface area contributed by atoms with Gasteiger partial charge in [-0.15, -0.1) is 23.1 Å². The summed E-state index contributed by atoms with van der Waals surface area (Å²) in [5.74, 6) is -0.0488. The molecule has 0 fully saturated rings. The zero-order valence-corrected chi connectivity index (χ0v) is 20.3. The lowest BCUT2D eigenvalue weighted by Crippen LogP contribution is -2.26. The Kier molecular flexibility index (Phi) is 6.95. The van der Waals surface area contributed by atoms with Crippen LogP contribution in [0.4, 0.5) is 5.69 Å². The molecule has 0 spiro atoms. The van der Waals surface area contributed by atoms with Crippen LogP contribution in [0.25, 0.3) is 0 Å². The molecular formula is C25H24N2O4S2. The van der Waals surface area contributed by atoms with E-state index in [-0.39, 0.29) is 11.7 Å². The van der Waals surface area contributed by atoms with Crippen LogP contribution < -0.4 is 4.90 Å². The van der Waals surface area contributed by atoms with E-state index in [9.17, 15) is 14.4 Å². The van der Waals surface area contributed by atoms with Crippen molar-refractivity contribution in [3.8, 4) is 0 Å². The fourth-order valence-electron chi connectivity index (χ4n) is 3.72. The molecule has 1 unspecified atom stereocenters. The molecule has 6 nitrogen and oxygen atoms in total. The molecule has 0 saturated carbocycles. The van der Waals surface area contributed by atoms with Crippen LogP contribution in [0.3, 0.4) is 0 Å². The first kappa shape index (κ1) is 23.2. The Morgan fingerprint density at radius 1 is 1.15 bits per heavy atom. The number of hydrogen-bond acceptors (Lipinski definition) is 7. The second-order valence-corrected chi connectivity index (χ2v) is 9.96. The predicted octanol–water partition coefficient (Wildman–Crippen LogP) is 5.08. The van der Waals surface area contributed by atoms with Gasteiger partial charge in [0.15, 0.2) is 6.10 Å². The van der Waals surface area contributed by atoms with Crippen molar-refractivity contribution in [1.29, 1.82) is 0 Å². The SMILES string of the molecule is CC(=O)N1CCc2cc(C(=O)C(C)OC(=O)c3ccc(SCc4csc(C)n4)cc3)ccc21. The number of hydrogen-bond donors (Lipinski definition) is 0. The third kappa shape index (κ3) is 5.34. The number of nitrogens with zero attached hydrogens (tertiary/aromatic N) is 2. The van der Waals surface area contributed by atoms with Crippen molar-refractivity contribution >= 4 is 46.4 Å². The van der Waals surface area contributed by atoms with Crippen molar-refractivity contribution in [2.45, 2.75) is 43.9 Å². The van der Waals surface area contributed by atoms with Gasteiger partial charge in [-0.2, -0.15) is 0 Å². The van der Waals surface area contributed by atoms with E-state index in [0.717, 1.165) is 32.6 Å². The van der Waals surface area contributed by atoms with Gasteiger partial charge in [0.05, 0.1) is 16.3 Å². The van der Waals surface area contributed by atoms with E-state index in [0.29, 0.717) is 24.1 Å². The summed E-state index contributed by atoms with van der Waals surface area (Å²) in [6.07, 6.45) is -0.209. The summed E-state index contributed by atoms with van der Waals surface area (Å²) >= 11 is 3.28. The molecule has 1 amide bonds. The summed E-state index contributed by atoms with van der Waals surface area (Å²) in [6.45, 7) is 5.71. The molecule has 8 heteroatoms. The number of thioether (sulfide) groups is 1. The monoisotopic (exact) mass is 480 g/mol. The predicted molar refractivity (Wildman–Crippen MR) is 130 cm³/mol. The van der Waals surface area contributed by atoms with E-state index in [2.05, 4.69) is 4.98 Å². The number of carbonyl (C=O) groups excluding carboxylic acids is 3. The van der Waals surface area contributed by atoms with Gasteiger partial charge < -0.3 is 9.64 Å². The average molecular weight is 481 g/mol. The molecule has 0 saturated heterocycles. The number of thiazole rings is 1. The van der Waals surface area contributed by atoms with Crippen LogP contribution in [0.1, 0.15) is 50.8 Å². The Hall–Kier alpha value is -2.97. The number of Topliss-reactive ketones (excluding diaryl/α,β-unsaturated/α-hetero) is 1. The summed E-state index contributed by atoms with van der Waals surface area (Å²) in [5, 5.41) is 3.09. The summed E-state index contributed by atoms with van der Waals surface area (Å²) < 4.78 is 5.43. The largest absolute Gasteiger partial charge is 0.451 e. The van der Waals surface area contributed by atoms with Gasteiger partial charge in [-0.25, -0.2) is 9.78 Å². The first-order chi connectivity index (χ1) is 15.8. The Bertz CT molecular complexity index is 1200. The lowest BCUT2D eigenvalue weighted by molar-refractivity contribution is -0.116. The highest BCUT2D eigenvalue weighted by Gasteiger charge is 2.25. The van der Waals surface area contributed by atoms with Crippen molar-refractivity contribution in [2.75, 3.05) is 11.4 Å². The molecule has 0 N–H and O–H groups in total. The van der Waals surface area contributed by atoms with Gasteiger partial charge in [-0.3, -0.25) is 9.59 Å². The van der Waals surface area contributed by atoms with E-state index in [1.807, 2.05) is 24.4 Å². The maximum absolute atomic E-state index is 12.8. The van der Waals surface area contributed by atoms with Gasteiger partial charge in [-0.1, -0.05) is 0 Å². The molecule has 2 aromatic carbocycles. The average Bonchev–Trinajstić information content (AvgIpc) is 3.42. The number of aromatic nitrogens is 1. The fraction of sp³-hybridized carbons (Fsp3) is 0.280. The van der Waals surface area contributed by atoms with Crippen LogP contribution in [0.15, 0.2) is 52.7 Å². The zero-order valence-electron chi connectivity index (χ0n) is 18.7. The van der Waals surface area contributed by atoms with Crippen molar-refractivity contribution in [1.82, 2.24) is 4.98 Å². The van der Waals surface area contributed by atoms with Crippen LogP contribution in [0.2, 0.25) is 0 Å². The first-order valence-corrected chi connectivity index (χ1v) is 12.5. The Morgan fingerprint density at radius 3 is 2.55 bits per heavy atom. The summed E-state index contributed by atoms with van der Waals surface area (Å²) in [5.41, 5.74) is 3.71. The summed E-state index contributed by atoms with van der Waals surface area (Å²) in [7, 11) is 0. The van der Waals surface area contributed by atoms with Crippen molar-refractivity contribution in [2.24, 2.45) is 0 Å². The number of amides is 1. The minimum absolute atomic E-state index is 0.0160. The third-order valence-electron chi connectivity index (χ3n) is 5.44. The summed E-state index contributed by atoms with van der Waals surface area (Å²) in [4.78, 5) is 44.3. The fourth-order valence-corrected chi connectivity index (χ4v) is 5.23. The number of anilines is 1. The lowest BCUT2D eigenvalue weighted by Gasteiger charge is -2.16.